The van der Waals surface area contributed by atoms with Gasteiger partial charge in [-0.15, -0.1) is 11.3 Å². The predicted molar refractivity (Wildman–Crippen MR) is 118 cm³/mol. The molecule has 1 aliphatic carbocycles. The Labute approximate surface area is 192 Å². The standard InChI is InChI=1S/C23H24F3N3O3S/c24-23(25,26)16-5-1-2-6-18(16)29-19-8-7-14(22(32)27-10-9-21(30)31)12-17(19)28-20(29)13-15-4-3-11-33-15/h3-4,7-8,11-12,16,18H,1-2,5-6,9-10,13H2,(H,27,32)(H,30,31). The van der Waals surface area contributed by atoms with Crippen molar-refractivity contribution in [3.05, 3.63) is 52.0 Å². The van der Waals surface area contributed by atoms with E-state index in [9.17, 15) is 22.8 Å². The molecule has 10 heteroatoms. The topological polar surface area (TPSA) is 84.2 Å². The highest BCUT2D eigenvalue weighted by atomic mass is 32.1. The number of carboxylic acid groups (broad SMARTS) is 1. The van der Waals surface area contributed by atoms with E-state index in [4.69, 9.17) is 5.11 Å². The molecule has 1 amide bonds. The fraction of sp³-hybridized carbons (Fsp3) is 0.435. The first-order valence-electron chi connectivity index (χ1n) is 10.8. The molecule has 4 rings (SSSR count). The molecule has 2 unspecified atom stereocenters. The molecular weight excluding hydrogens is 455 g/mol. The molecule has 2 atom stereocenters. The second-order valence-corrected chi connectivity index (χ2v) is 9.29. The molecule has 1 saturated carbocycles. The van der Waals surface area contributed by atoms with Crippen LogP contribution in [0.4, 0.5) is 13.2 Å². The lowest BCUT2D eigenvalue weighted by Gasteiger charge is -2.35. The lowest BCUT2D eigenvalue weighted by Crippen LogP contribution is -2.35. The summed E-state index contributed by atoms with van der Waals surface area (Å²) in [6.07, 6.45) is -2.30. The molecule has 33 heavy (non-hydrogen) atoms. The molecule has 3 aromatic rings. The fourth-order valence-corrected chi connectivity index (χ4v) is 5.24. The summed E-state index contributed by atoms with van der Waals surface area (Å²) < 4.78 is 43.5. The van der Waals surface area contributed by atoms with Gasteiger partial charge in [-0.1, -0.05) is 18.9 Å². The first-order chi connectivity index (χ1) is 15.7. The molecule has 2 aromatic heterocycles. The summed E-state index contributed by atoms with van der Waals surface area (Å²) >= 11 is 1.52. The smallest absolute Gasteiger partial charge is 0.393 e. The SMILES string of the molecule is O=C(O)CCNC(=O)c1ccc2c(c1)nc(Cc1cccs1)n2C1CCCCC1C(F)(F)F. The minimum atomic E-state index is -4.30. The van der Waals surface area contributed by atoms with Crippen LogP contribution in [0.3, 0.4) is 0 Å². The fourth-order valence-electron chi connectivity index (χ4n) is 4.54. The van der Waals surface area contributed by atoms with E-state index in [1.54, 1.807) is 22.8 Å². The van der Waals surface area contributed by atoms with E-state index >= 15 is 0 Å². The van der Waals surface area contributed by atoms with E-state index in [0.29, 0.717) is 36.1 Å². The van der Waals surface area contributed by atoms with Gasteiger partial charge in [-0.2, -0.15) is 13.2 Å². The average molecular weight is 480 g/mol. The number of benzene rings is 1. The number of alkyl halides is 3. The van der Waals surface area contributed by atoms with Gasteiger partial charge in [-0.05, 0) is 42.5 Å². The number of aliphatic carboxylic acids is 1. The zero-order chi connectivity index (χ0) is 23.6. The van der Waals surface area contributed by atoms with Gasteiger partial charge in [-0.25, -0.2) is 4.98 Å². The highest BCUT2D eigenvalue weighted by Crippen LogP contribution is 2.45. The summed E-state index contributed by atoms with van der Waals surface area (Å²) in [5.41, 5.74) is 1.32. The van der Waals surface area contributed by atoms with Gasteiger partial charge in [0.2, 0.25) is 0 Å². The first-order valence-corrected chi connectivity index (χ1v) is 11.7. The van der Waals surface area contributed by atoms with Crippen LogP contribution in [-0.2, 0) is 11.2 Å². The van der Waals surface area contributed by atoms with Crippen LogP contribution in [0, 0.1) is 5.92 Å². The van der Waals surface area contributed by atoms with Crippen molar-refractivity contribution in [2.45, 2.75) is 50.7 Å². The molecule has 1 fully saturated rings. The van der Waals surface area contributed by atoms with Crippen LogP contribution in [0.2, 0.25) is 0 Å². The van der Waals surface area contributed by atoms with E-state index in [-0.39, 0.29) is 24.9 Å². The van der Waals surface area contributed by atoms with Gasteiger partial charge >= 0.3 is 12.1 Å². The van der Waals surface area contributed by atoms with Crippen molar-refractivity contribution in [2.75, 3.05) is 6.54 Å². The number of hydrogen-bond acceptors (Lipinski definition) is 4. The quantitative estimate of drug-likeness (QED) is 0.489. The number of aromatic nitrogens is 2. The lowest BCUT2D eigenvalue weighted by molar-refractivity contribution is -0.193. The van der Waals surface area contributed by atoms with Gasteiger partial charge < -0.3 is 15.0 Å². The molecule has 6 nitrogen and oxygen atoms in total. The molecule has 0 spiro atoms. The summed E-state index contributed by atoms with van der Waals surface area (Å²) in [6, 6.07) is 7.84. The van der Waals surface area contributed by atoms with Crippen LogP contribution in [-0.4, -0.2) is 39.3 Å². The number of rotatable bonds is 7. The number of nitrogens with one attached hydrogen (secondary N) is 1. The van der Waals surface area contributed by atoms with Crippen molar-refractivity contribution in [2.24, 2.45) is 5.92 Å². The summed E-state index contributed by atoms with van der Waals surface area (Å²) in [7, 11) is 0. The van der Waals surface area contributed by atoms with Gasteiger partial charge in [-0.3, -0.25) is 9.59 Å². The minimum absolute atomic E-state index is 0.0143. The number of halogens is 3. The van der Waals surface area contributed by atoms with Gasteiger partial charge in [0, 0.05) is 29.4 Å². The molecule has 1 aromatic carbocycles. The van der Waals surface area contributed by atoms with E-state index in [1.165, 1.54) is 11.3 Å². The number of thiophene rings is 1. The highest BCUT2D eigenvalue weighted by molar-refractivity contribution is 7.09. The third kappa shape index (κ3) is 5.21. The monoisotopic (exact) mass is 479 g/mol. The van der Waals surface area contributed by atoms with Crippen molar-refractivity contribution in [1.82, 2.24) is 14.9 Å². The Morgan fingerprint density at radius 1 is 1.21 bits per heavy atom. The number of carboxylic acids is 1. The van der Waals surface area contributed by atoms with Gasteiger partial charge in [0.1, 0.15) is 5.82 Å². The summed E-state index contributed by atoms with van der Waals surface area (Å²) in [5, 5.41) is 13.2. The van der Waals surface area contributed by atoms with Crippen molar-refractivity contribution >= 4 is 34.2 Å². The molecular formula is C23H24F3N3O3S. The third-order valence-electron chi connectivity index (χ3n) is 6.04. The minimum Gasteiger partial charge on any atom is -0.481 e. The number of amides is 1. The third-order valence-corrected chi connectivity index (χ3v) is 6.92. The highest BCUT2D eigenvalue weighted by Gasteiger charge is 2.47. The Bertz CT molecular complexity index is 1140. The molecule has 2 heterocycles. The molecule has 0 aliphatic heterocycles. The van der Waals surface area contributed by atoms with E-state index < -0.39 is 30.0 Å². The number of carbonyl (C=O) groups is 2. The maximum atomic E-state index is 13.9. The predicted octanol–water partition coefficient (Wildman–Crippen LogP) is 5.19. The Balaban J connectivity index is 1.73. The molecule has 0 saturated heterocycles. The van der Waals surface area contributed by atoms with Crippen LogP contribution in [0.1, 0.15) is 59.2 Å². The zero-order valence-electron chi connectivity index (χ0n) is 17.8. The van der Waals surface area contributed by atoms with Crippen LogP contribution in [0.5, 0.6) is 0 Å². The van der Waals surface area contributed by atoms with Gasteiger partial charge in [0.25, 0.3) is 5.91 Å². The summed E-state index contributed by atoms with van der Waals surface area (Å²) in [6.45, 7) is -0.0143. The molecule has 176 valence electrons. The Morgan fingerprint density at radius 2 is 2.00 bits per heavy atom. The Hall–Kier alpha value is -2.88. The van der Waals surface area contributed by atoms with Gasteiger partial charge in [0.15, 0.2) is 0 Å². The molecule has 0 radical (unpaired) electrons. The van der Waals surface area contributed by atoms with E-state index in [2.05, 4.69) is 10.3 Å². The summed E-state index contributed by atoms with van der Waals surface area (Å²) in [4.78, 5) is 28.7. The number of fused-ring (bicyclic) bond motifs is 1. The van der Waals surface area contributed by atoms with E-state index in [0.717, 1.165) is 11.3 Å². The summed E-state index contributed by atoms with van der Waals surface area (Å²) in [5.74, 6) is -2.35. The van der Waals surface area contributed by atoms with Crippen LogP contribution in [0.25, 0.3) is 11.0 Å². The number of hydrogen-bond donors (Lipinski definition) is 2. The van der Waals surface area contributed by atoms with Crippen molar-refractivity contribution in [3.63, 3.8) is 0 Å². The number of nitrogens with zero attached hydrogens (tertiary/aromatic N) is 2. The normalized spacial score (nSPS) is 19.0. The van der Waals surface area contributed by atoms with Crippen LogP contribution >= 0.6 is 11.3 Å². The number of imidazole rings is 1. The molecule has 2 N–H and O–H groups in total. The van der Waals surface area contributed by atoms with Crippen LogP contribution in [0.15, 0.2) is 35.7 Å². The number of carbonyl (C=O) groups excluding carboxylic acids is 1. The van der Waals surface area contributed by atoms with Crippen LogP contribution < -0.4 is 5.32 Å². The first kappa shape index (κ1) is 23.3. The molecule has 0 bridgehead atoms. The molecule has 1 aliphatic rings. The Morgan fingerprint density at radius 3 is 2.70 bits per heavy atom. The van der Waals surface area contributed by atoms with Crippen molar-refractivity contribution in [1.29, 1.82) is 0 Å². The second-order valence-electron chi connectivity index (χ2n) is 8.26. The largest absolute Gasteiger partial charge is 0.481 e. The average Bonchev–Trinajstić information content (AvgIpc) is 3.39. The lowest BCUT2D eigenvalue weighted by atomic mass is 9.83. The van der Waals surface area contributed by atoms with Gasteiger partial charge in [0.05, 0.1) is 23.4 Å². The van der Waals surface area contributed by atoms with E-state index in [1.807, 2.05) is 17.5 Å². The van der Waals surface area contributed by atoms with Crippen molar-refractivity contribution < 1.29 is 27.9 Å². The maximum absolute atomic E-state index is 13.9. The van der Waals surface area contributed by atoms with Crippen molar-refractivity contribution in [3.8, 4) is 0 Å². The maximum Gasteiger partial charge on any atom is 0.393 e. The Kier molecular flexibility index (Phi) is 6.73. The zero-order valence-corrected chi connectivity index (χ0v) is 18.6. The second kappa shape index (κ2) is 9.54.